The minimum absolute atomic E-state index is 0.361. The molecular weight excluding hydrogens is 218 g/mol. The van der Waals surface area contributed by atoms with Crippen LogP contribution in [0.1, 0.15) is 6.92 Å². The average molecular weight is 235 g/mol. The molecule has 1 aromatic carbocycles. The van der Waals surface area contributed by atoms with E-state index in [1.54, 1.807) is 20.1 Å². The molecule has 4 nitrogen and oxygen atoms in total. The number of esters is 1. The number of carbonyl (C=O) groups excluding carboxylic acids is 1. The van der Waals surface area contributed by atoms with E-state index in [0.717, 1.165) is 11.4 Å². The van der Waals surface area contributed by atoms with E-state index in [-0.39, 0.29) is 5.97 Å². The maximum absolute atomic E-state index is 11.5. The second-order valence-electron chi connectivity index (χ2n) is 3.68. The highest BCUT2D eigenvalue weighted by Gasteiger charge is 2.19. The van der Waals surface area contributed by atoms with Gasteiger partial charge in [-0.3, -0.25) is 0 Å². The van der Waals surface area contributed by atoms with Crippen molar-refractivity contribution < 1.29 is 14.3 Å². The molecule has 0 aliphatic heterocycles. The van der Waals surface area contributed by atoms with E-state index in [4.69, 9.17) is 9.47 Å². The Balaban J connectivity index is 2.85. The third kappa shape index (κ3) is 3.52. The summed E-state index contributed by atoms with van der Waals surface area (Å²) >= 11 is 0. The van der Waals surface area contributed by atoms with Crippen LogP contribution in [-0.4, -0.2) is 26.2 Å². The number of methoxy groups -OCH3 is 2. The Hall–Kier alpha value is -1.97. The molecule has 0 saturated heterocycles. The van der Waals surface area contributed by atoms with Crippen molar-refractivity contribution in [2.24, 2.45) is 0 Å². The lowest BCUT2D eigenvalue weighted by molar-refractivity contribution is -0.140. The van der Waals surface area contributed by atoms with Gasteiger partial charge < -0.3 is 14.8 Å². The van der Waals surface area contributed by atoms with Crippen molar-refractivity contribution in [2.45, 2.75) is 13.0 Å². The van der Waals surface area contributed by atoms with Crippen LogP contribution in [0.4, 0.5) is 5.69 Å². The molecule has 17 heavy (non-hydrogen) atoms. The molecule has 1 N–H and O–H groups in total. The topological polar surface area (TPSA) is 47.6 Å². The minimum atomic E-state index is -0.549. The first-order chi connectivity index (χ1) is 8.08. The fraction of sp³-hybridized carbons (Fsp3) is 0.308. The fourth-order valence-electron chi connectivity index (χ4n) is 1.38. The quantitative estimate of drug-likeness (QED) is 0.628. The minimum Gasteiger partial charge on any atom is -0.497 e. The van der Waals surface area contributed by atoms with Crippen LogP contribution in [-0.2, 0) is 9.53 Å². The maximum atomic E-state index is 11.5. The molecule has 0 aromatic heterocycles. The highest BCUT2D eigenvalue weighted by Crippen LogP contribution is 2.19. The number of benzene rings is 1. The molecule has 0 aliphatic carbocycles. The molecule has 0 bridgehead atoms. The van der Waals surface area contributed by atoms with Crippen molar-refractivity contribution in [3.63, 3.8) is 0 Å². The zero-order valence-corrected chi connectivity index (χ0v) is 10.3. The van der Waals surface area contributed by atoms with Crippen LogP contribution in [0.15, 0.2) is 36.4 Å². The van der Waals surface area contributed by atoms with Gasteiger partial charge in [-0.25, -0.2) is 4.79 Å². The molecule has 0 saturated carbocycles. The van der Waals surface area contributed by atoms with E-state index in [0.29, 0.717) is 5.57 Å². The Labute approximate surface area is 101 Å². The fourth-order valence-corrected chi connectivity index (χ4v) is 1.38. The lowest BCUT2D eigenvalue weighted by atomic mass is 10.1. The molecule has 0 heterocycles. The number of nitrogens with one attached hydrogen (secondary N) is 1. The summed E-state index contributed by atoms with van der Waals surface area (Å²) in [5, 5.41) is 3.05. The van der Waals surface area contributed by atoms with Gasteiger partial charge in [-0.1, -0.05) is 12.6 Å². The van der Waals surface area contributed by atoms with E-state index in [1.807, 2.05) is 18.2 Å². The highest BCUT2D eigenvalue weighted by molar-refractivity contribution is 5.82. The third-order valence-electron chi connectivity index (χ3n) is 2.31. The Morgan fingerprint density at radius 3 is 2.65 bits per heavy atom. The van der Waals surface area contributed by atoms with E-state index >= 15 is 0 Å². The van der Waals surface area contributed by atoms with Crippen LogP contribution in [0.25, 0.3) is 0 Å². The van der Waals surface area contributed by atoms with Gasteiger partial charge in [-0.15, -0.1) is 0 Å². The van der Waals surface area contributed by atoms with Gasteiger partial charge in [-0.05, 0) is 24.6 Å². The molecule has 0 amide bonds. The molecule has 1 atom stereocenters. The molecule has 0 fully saturated rings. The predicted octanol–water partition coefficient (Wildman–Crippen LogP) is 2.22. The Morgan fingerprint density at radius 2 is 2.12 bits per heavy atom. The number of rotatable bonds is 5. The molecular formula is C13H17NO3. The first-order valence-corrected chi connectivity index (χ1v) is 5.22. The van der Waals surface area contributed by atoms with Crippen molar-refractivity contribution >= 4 is 11.7 Å². The number of hydrogen-bond donors (Lipinski definition) is 1. The van der Waals surface area contributed by atoms with Crippen molar-refractivity contribution in [1.82, 2.24) is 0 Å². The second kappa shape index (κ2) is 5.94. The maximum Gasteiger partial charge on any atom is 0.332 e. The largest absolute Gasteiger partial charge is 0.497 e. The van der Waals surface area contributed by atoms with E-state index < -0.39 is 6.04 Å². The van der Waals surface area contributed by atoms with E-state index in [2.05, 4.69) is 11.9 Å². The van der Waals surface area contributed by atoms with Crippen molar-refractivity contribution in [1.29, 1.82) is 0 Å². The third-order valence-corrected chi connectivity index (χ3v) is 2.31. The average Bonchev–Trinajstić information content (AvgIpc) is 2.35. The first kappa shape index (κ1) is 13.1. The van der Waals surface area contributed by atoms with Gasteiger partial charge in [-0.2, -0.15) is 0 Å². The van der Waals surface area contributed by atoms with Crippen LogP contribution in [0.5, 0.6) is 5.75 Å². The van der Waals surface area contributed by atoms with Gasteiger partial charge in [0.05, 0.1) is 14.2 Å². The summed E-state index contributed by atoms with van der Waals surface area (Å²) in [6, 6.07) is 6.78. The smallest absolute Gasteiger partial charge is 0.332 e. The summed E-state index contributed by atoms with van der Waals surface area (Å²) in [4.78, 5) is 11.5. The lowest BCUT2D eigenvalue weighted by Crippen LogP contribution is -2.31. The normalized spacial score (nSPS) is 11.5. The Bertz CT molecular complexity index is 415. The zero-order valence-electron chi connectivity index (χ0n) is 10.3. The standard InChI is InChI=1S/C13H17NO3/c1-9(2)12(13(15)17-4)14-10-6-5-7-11(8-10)16-3/h5-8,12,14H,1H2,2-4H3. The van der Waals surface area contributed by atoms with Crippen LogP contribution < -0.4 is 10.1 Å². The zero-order chi connectivity index (χ0) is 12.8. The molecule has 4 heteroatoms. The molecule has 0 radical (unpaired) electrons. The summed E-state index contributed by atoms with van der Waals surface area (Å²) in [6.45, 7) is 5.54. The molecule has 1 unspecified atom stereocenters. The second-order valence-corrected chi connectivity index (χ2v) is 3.68. The van der Waals surface area contributed by atoms with Gasteiger partial charge in [0.15, 0.2) is 0 Å². The monoisotopic (exact) mass is 235 g/mol. The van der Waals surface area contributed by atoms with Crippen molar-refractivity contribution in [3.8, 4) is 5.75 Å². The Morgan fingerprint density at radius 1 is 1.41 bits per heavy atom. The number of ether oxygens (including phenoxy) is 2. The first-order valence-electron chi connectivity index (χ1n) is 5.22. The van der Waals surface area contributed by atoms with Gasteiger partial charge in [0.2, 0.25) is 0 Å². The van der Waals surface area contributed by atoms with Crippen LogP contribution in [0.2, 0.25) is 0 Å². The van der Waals surface area contributed by atoms with Crippen LogP contribution >= 0.6 is 0 Å². The van der Waals surface area contributed by atoms with Gasteiger partial charge >= 0.3 is 5.97 Å². The summed E-state index contributed by atoms with van der Waals surface area (Å²) < 4.78 is 9.81. The number of anilines is 1. The highest BCUT2D eigenvalue weighted by atomic mass is 16.5. The summed E-state index contributed by atoms with van der Waals surface area (Å²) in [5.74, 6) is 0.362. The number of hydrogen-bond acceptors (Lipinski definition) is 4. The number of carbonyl (C=O) groups is 1. The Kier molecular flexibility index (Phi) is 4.57. The summed E-state index contributed by atoms with van der Waals surface area (Å²) in [6.07, 6.45) is 0. The van der Waals surface area contributed by atoms with Crippen LogP contribution in [0, 0.1) is 0 Å². The van der Waals surface area contributed by atoms with Gasteiger partial charge in [0.25, 0.3) is 0 Å². The van der Waals surface area contributed by atoms with E-state index in [9.17, 15) is 4.79 Å². The lowest BCUT2D eigenvalue weighted by Gasteiger charge is -2.17. The summed E-state index contributed by atoms with van der Waals surface area (Å²) in [7, 11) is 2.95. The summed E-state index contributed by atoms with van der Waals surface area (Å²) in [5.41, 5.74) is 1.47. The van der Waals surface area contributed by atoms with Crippen LogP contribution in [0.3, 0.4) is 0 Å². The molecule has 0 spiro atoms. The van der Waals surface area contributed by atoms with Gasteiger partial charge in [0.1, 0.15) is 11.8 Å². The van der Waals surface area contributed by atoms with E-state index in [1.165, 1.54) is 7.11 Å². The SMILES string of the molecule is C=C(C)C(Nc1cccc(OC)c1)C(=O)OC. The van der Waals surface area contributed by atoms with Gasteiger partial charge in [0, 0.05) is 11.8 Å². The molecule has 92 valence electrons. The van der Waals surface area contributed by atoms with Crippen molar-refractivity contribution in [3.05, 3.63) is 36.4 Å². The van der Waals surface area contributed by atoms with Crippen molar-refractivity contribution in [2.75, 3.05) is 19.5 Å². The molecule has 1 rings (SSSR count). The molecule has 1 aromatic rings. The predicted molar refractivity (Wildman–Crippen MR) is 67.2 cm³/mol. The molecule has 0 aliphatic rings.